The molecule has 0 bridgehead atoms. The van der Waals surface area contributed by atoms with Crippen LogP contribution in [0, 0.1) is 5.92 Å². The lowest BCUT2D eigenvalue weighted by atomic mass is 9.93. The van der Waals surface area contributed by atoms with Gasteiger partial charge >= 0.3 is 0 Å². The highest BCUT2D eigenvalue weighted by Crippen LogP contribution is 2.41. The molecule has 0 saturated carbocycles. The van der Waals surface area contributed by atoms with Gasteiger partial charge in [-0.1, -0.05) is 27.5 Å². The maximum atomic E-state index is 6.19. The summed E-state index contributed by atoms with van der Waals surface area (Å²) in [6, 6.07) is 7.11. The van der Waals surface area contributed by atoms with Crippen LogP contribution in [0.3, 0.4) is 0 Å². The van der Waals surface area contributed by atoms with Crippen LogP contribution in [-0.2, 0) is 0 Å². The number of benzene rings is 1. The van der Waals surface area contributed by atoms with E-state index in [4.69, 9.17) is 11.6 Å². The van der Waals surface area contributed by atoms with E-state index in [0.29, 0.717) is 18.0 Å². The number of halogens is 2. The summed E-state index contributed by atoms with van der Waals surface area (Å²) in [6.07, 6.45) is 1.24. The smallest absolute Gasteiger partial charge is 0.0410 e. The summed E-state index contributed by atoms with van der Waals surface area (Å²) in [6.45, 7) is 6.75. The molecule has 1 saturated heterocycles. The van der Waals surface area contributed by atoms with Crippen molar-refractivity contribution in [3.63, 3.8) is 0 Å². The molecule has 2 rings (SSSR count). The molecule has 0 radical (unpaired) electrons. The largest absolute Gasteiger partial charge is 0.319 e. The van der Waals surface area contributed by atoms with Crippen LogP contribution in [0.15, 0.2) is 22.7 Å². The second-order valence-corrected chi connectivity index (χ2v) is 6.84. The zero-order valence-corrected chi connectivity index (χ0v) is 14.1. The highest BCUT2D eigenvalue weighted by molar-refractivity contribution is 9.10. The summed E-state index contributed by atoms with van der Waals surface area (Å²) in [4.78, 5) is 2.58. The Morgan fingerprint density at radius 3 is 2.84 bits per heavy atom. The fourth-order valence-electron chi connectivity index (χ4n) is 3.11. The number of rotatable bonds is 4. The second-order valence-electron chi connectivity index (χ2n) is 5.55. The number of nitrogens with zero attached hydrogens (tertiary/aromatic N) is 1. The molecule has 19 heavy (non-hydrogen) atoms. The van der Waals surface area contributed by atoms with Crippen molar-refractivity contribution in [3.05, 3.63) is 33.3 Å². The topological polar surface area (TPSA) is 15.3 Å². The van der Waals surface area contributed by atoms with Gasteiger partial charge in [0.05, 0.1) is 0 Å². The molecule has 1 heterocycles. The summed E-state index contributed by atoms with van der Waals surface area (Å²) < 4.78 is 1.16. The maximum absolute atomic E-state index is 6.19. The van der Waals surface area contributed by atoms with Gasteiger partial charge in [-0.2, -0.15) is 0 Å². The minimum atomic E-state index is 0.445. The summed E-state index contributed by atoms with van der Waals surface area (Å²) >= 11 is 9.88. The molecule has 2 unspecified atom stereocenters. The lowest BCUT2D eigenvalue weighted by Gasteiger charge is -2.32. The van der Waals surface area contributed by atoms with Crippen LogP contribution in [0.4, 0.5) is 0 Å². The average molecular weight is 346 g/mol. The van der Waals surface area contributed by atoms with Crippen LogP contribution in [-0.4, -0.2) is 31.1 Å². The quantitative estimate of drug-likeness (QED) is 0.884. The van der Waals surface area contributed by atoms with Gasteiger partial charge in [0.1, 0.15) is 0 Å². The Kier molecular flexibility index (Phi) is 5.29. The molecule has 0 aliphatic carbocycles. The molecule has 0 spiro atoms. The van der Waals surface area contributed by atoms with E-state index in [1.807, 2.05) is 13.1 Å². The van der Waals surface area contributed by atoms with Crippen molar-refractivity contribution in [3.8, 4) is 0 Å². The zero-order valence-electron chi connectivity index (χ0n) is 11.8. The van der Waals surface area contributed by atoms with E-state index < -0.39 is 0 Å². The van der Waals surface area contributed by atoms with Gasteiger partial charge < -0.3 is 5.32 Å². The van der Waals surface area contributed by atoms with Crippen LogP contribution in [0.1, 0.15) is 31.9 Å². The van der Waals surface area contributed by atoms with Gasteiger partial charge in [0.25, 0.3) is 0 Å². The summed E-state index contributed by atoms with van der Waals surface area (Å²) in [5.41, 5.74) is 1.32. The first-order valence-corrected chi connectivity index (χ1v) is 8.07. The van der Waals surface area contributed by atoms with E-state index in [0.717, 1.165) is 22.6 Å². The highest BCUT2D eigenvalue weighted by atomic mass is 79.9. The summed E-state index contributed by atoms with van der Waals surface area (Å²) in [7, 11) is 2.03. The molecule has 4 heteroatoms. The third kappa shape index (κ3) is 3.33. The minimum absolute atomic E-state index is 0.445. The Morgan fingerprint density at radius 2 is 2.21 bits per heavy atom. The second kappa shape index (κ2) is 6.57. The highest BCUT2D eigenvalue weighted by Gasteiger charge is 2.37. The van der Waals surface area contributed by atoms with Crippen molar-refractivity contribution >= 4 is 27.5 Å². The Labute approximate surface area is 129 Å². The molecule has 106 valence electrons. The third-order valence-electron chi connectivity index (χ3n) is 3.97. The maximum Gasteiger partial charge on any atom is 0.0410 e. The molecule has 1 N–H and O–H groups in total. The minimum Gasteiger partial charge on any atom is -0.319 e. The first-order chi connectivity index (χ1) is 9.04. The summed E-state index contributed by atoms with van der Waals surface area (Å²) in [5.74, 6) is 0.641. The zero-order chi connectivity index (χ0) is 14.0. The third-order valence-corrected chi connectivity index (χ3v) is 4.93. The van der Waals surface area contributed by atoms with E-state index in [1.165, 1.54) is 12.0 Å². The van der Waals surface area contributed by atoms with Gasteiger partial charge in [-0.25, -0.2) is 0 Å². The van der Waals surface area contributed by atoms with Crippen molar-refractivity contribution in [2.45, 2.75) is 32.4 Å². The molecule has 2 atom stereocenters. The Morgan fingerprint density at radius 1 is 1.47 bits per heavy atom. The van der Waals surface area contributed by atoms with Crippen molar-refractivity contribution < 1.29 is 0 Å². The molecule has 1 aromatic rings. The van der Waals surface area contributed by atoms with Crippen LogP contribution in [0.25, 0.3) is 0 Å². The lowest BCUT2D eigenvalue weighted by Crippen LogP contribution is -2.34. The molecular weight excluding hydrogens is 324 g/mol. The lowest BCUT2D eigenvalue weighted by molar-refractivity contribution is 0.182. The first kappa shape index (κ1) is 15.3. The molecular formula is C15H22BrClN2. The number of hydrogen-bond donors (Lipinski definition) is 1. The van der Waals surface area contributed by atoms with Crippen molar-refractivity contribution in [1.29, 1.82) is 0 Å². The standard InChI is InChI=1S/C15H22BrClN2/c1-10(2)19-7-6-11(9-18-3)15(19)13-8-12(17)4-5-14(13)16/h4-5,8,10-11,15,18H,6-7,9H2,1-3H3. The van der Waals surface area contributed by atoms with Gasteiger partial charge in [-0.3, -0.25) is 4.90 Å². The van der Waals surface area contributed by atoms with Gasteiger partial charge in [0.15, 0.2) is 0 Å². The normalized spacial score (nSPS) is 24.3. The van der Waals surface area contributed by atoms with Gasteiger partial charge in [0, 0.05) is 21.6 Å². The monoisotopic (exact) mass is 344 g/mol. The van der Waals surface area contributed by atoms with E-state index in [2.05, 4.69) is 52.1 Å². The van der Waals surface area contributed by atoms with Gasteiger partial charge in [-0.15, -0.1) is 0 Å². The van der Waals surface area contributed by atoms with Crippen molar-refractivity contribution in [1.82, 2.24) is 10.2 Å². The van der Waals surface area contributed by atoms with Crippen molar-refractivity contribution in [2.24, 2.45) is 5.92 Å². The van der Waals surface area contributed by atoms with Crippen molar-refractivity contribution in [2.75, 3.05) is 20.1 Å². The molecule has 0 amide bonds. The van der Waals surface area contributed by atoms with E-state index >= 15 is 0 Å². The SMILES string of the molecule is CNCC1CCN(C(C)C)C1c1cc(Cl)ccc1Br. The molecule has 1 fully saturated rings. The average Bonchev–Trinajstić information content (AvgIpc) is 2.76. The summed E-state index contributed by atoms with van der Waals surface area (Å²) in [5, 5.41) is 4.14. The Bertz CT molecular complexity index is 436. The molecule has 0 aromatic heterocycles. The van der Waals surface area contributed by atoms with Gasteiger partial charge in [-0.05, 0) is 70.1 Å². The fourth-order valence-corrected chi connectivity index (χ4v) is 3.77. The van der Waals surface area contributed by atoms with Crippen LogP contribution in [0.5, 0.6) is 0 Å². The molecule has 1 aliphatic rings. The number of likely N-dealkylation sites (tertiary alicyclic amines) is 1. The van der Waals surface area contributed by atoms with Crippen LogP contribution >= 0.6 is 27.5 Å². The first-order valence-electron chi connectivity index (χ1n) is 6.90. The van der Waals surface area contributed by atoms with E-state index in [1.54, 1.807) is 0 Å². The molecule has 1 aromatic carbocycles. The number of nitrogens with one attached hydrogen (secondary N) is 1. The van der Waals surface area contributed by atoms with E-state index in [-0.39, 0.29) is 0 Å². The number of hydrogen-bond acceptors (Lipinski definition) is 2. The van der Waals surface area contributed by atoms with Crippen LogP contribution in [0.2, 0.25) is 5.02 Å². The van der Waals surface area contributed by atoms with Crippen LogP contribution < -0.4 is 5.32 Å². The molecule has 2 nitrogen and oxygen atoms in total. The molecule has 1 aliphatic heterocycles. The predicted molar refractivity (Wildman–Crippen MR) is 85.8 cm³/mol. The van der Waals surface area contributed by atoms with E-state index in [9.17, 15) is 0 Å². The fraction of sp³-hybridized carbons (Fsp3) is 0.600. The Balaban J connectivity index is 2.37. The Hall–Kier alpha value is -0.0900. The van der Waals surface area contributed by atoms with Gasteiger partial charge in [0.2, 0.25) is 0 Å². The predicted octanol–water partition coefficient (Wildman–Crippen LogP) is 4.09.